The number of carbonyl (C=O) groups is 1. The van der Waals surface area contributed by atoms with Crippen molar-refractivity contribution in [2.24, 2.45) is 0 Å². The third-order valence-corrected chi connectivity index (χ3v) is 1.98. The van der Waals surface area contributed by atoms with Crippen molar-refractivity contribution in [3.63, 3.8) is 0 Å². The van der Waals surface area contributed by atoms with E-state index in [4.69, 9.17) is 0 Å². The Bertz CT molecular complexity index is 531. The van der Waals surface area contributed by atoms with Crippen LogP contribution in [0.25, 0.3) is 0 Å². The van der Waals surface area contributed by atoms with E-state index in [0.717, 1.165) is 24.4 Å². The van der Waals surface area contributed by atoms with Gasteiger partial charge in [-0.3, -0.25) is 10.1 Å². The van der Waals surface area contributed by atoms with Gasteiger partial charge in [0.15, 0.2) is 11.6 Å². The van der Waals surface area contributed by atoms with Crippen LogP contribution in [-0.2, 0) is 9.53 Å². The summed E-state index contributed by atoms with van der Waals surface area (Å²) in [5.41, 5.74) is -0.783. The Morgan fingerprint density at radius 2 is 2.16 bits per heavy atom. The van der Waals surface area contributed by atoms with Crippen molar-refractivity contribution in [3.05, 3.63) is 51.8 Å². The van der Waals surface area contributed by atoms with Crippen LogP contribution in [0.2, 0.25) is 0 Å². The van der Waals surface area contributed by atoms with Gasteiger partial charge in [-0.05, 0) is 19.1 Å². The number of benzene rings is 1. The quantitative estimate of drug-likeness (QED) is 0.384. The van der Waals surface area contributed by atoms with Crippen LogP contribution in [0.3, 0.4) is 0 Å². The topological polar surface area (TPSA) is 81.5 Å². The second-order valence-electron chi connectivity index (χ2n) is 3.28. The first kappa shape index (κ1) is 14.6. The van der Waals surface area contributed by atoms with Crippen molar-refractivity contribution in [3.8, 4) is 0 Å². The van der Waals surface area contributed by atoms with Crippen molar-refractivity contribution >= 4 is 11.7 Å². The summed E-state index contributed by atoms with van der Waals surface area (Å²) in [6.45, 7) is 1.48. The van der Waals surface area contributed by atoms with Gasteiger partial charge in [-0.1, -0.05) is 0 Å². The molecule has 0 aromatic heterocycles. The predicted octanol–water partition coefficient (Wildman–Crippen LogP) is 2.06. The van der Waals surface area contributed by atoms with Crippen molar-refractivity contribution in [2.75, 3.05) is 11.9 Å². The van der Waals surface area contributed by atoms with E-state index in [1.54, 1.807) is 0 Å². The number of nitrogens with one attached hydrogen (secondary N) is 1. The van der Waals surface area contributed by atoms with E-state index >= 15 is 0 Å². The molecule has 0 unspecified atom stereocenters. The zero-order valence-corrected chi connectivity index (χ0v) is 9.85. The van der Waals surface area contributed by atoms with Crippen molar-refractivity contribution in [2.45, 2.75) is 6.92 Å². The standard InChI is InChI=1S/C11H10F2N2O4/c1-2-19-11(16)10(15(17)18)6-14-7-3-4-8(12)9(13)5-7/h3-6,14H,2H2,1H3/b10-6+. The van der Waals surface area contributed by atoms with Gasteiger partial charge >= 0.3 is 11.7 Å². The zero-order valence-electron chi connectivity index (χ0n) is 9.85. The van der Waals surface area contributed by atoms with E-state index in [9.17, 15) is 23.7 Å². The molecule has 1 rings (SSSR count). The molecule has 0 spiro atoms. The molecular formula is C11H10F2N2O4. The molecule has 0 saturated heterocycles. The number of anilines is 1. The number of nitrogens with zero attached hydrogens (tertiary/aromatic N) is 1. The molecule has 8 heteroatoms. The molecule has 19 heavy (non-hydrogen) atoms. The van der Waals surface area contributed by atoms with Crippen LogP contribution in [0.15, 0.2) is 30.1 Å². The number of rotatable bonds is 5. The van der Waals surface area contributed by atoms with Crippen molar-refractivity contribution in [1.82, 2.24) is 0 Å². The summed E-state index contributed by atoms with van der Waals surface area (Å²) < 4.78 is 30.0. The minimum Gasteiger partial charge on any atom is -0.458 e. The third-order valence-electron chi connectivity index (χ3n) is 1.98. The molecule has 1 N–H and O–H groups in total. The fourth-order valence-corrected chi connectivity index (χ4v) is 1.13. The lowest BCUT2D eigenvalue weighted by molar-refractivity contribution is -0.421. The lowest BCUT2D eigenvalue weighted by atomic mass is 10.3. The Balaban J connectivity index is 2.89. The average Bonchev–Trinajstić information content (AvgIpc) is 2.33. The summed E-state index contributed by atoms with van der Waals surface area (Å²) in [6, 6.07) is 2.81. The lowest BCUT2D eigenvalue weighted by Gasteiger charge is -2.02. The fourth-order valence-electron chi connectivity index (χ4n) is 1.13. The Morgan fingerprint density at radius 1 is 1.47 bits per heavy atom. The summed E-state index contributed by atoms with van der Waals surface area (Å²) >= 11 is 0. The fraction of sp³-hybridized carbons (Fsp3) is 0.182. The second kappa shape index (κ2) is 6.43. The number of nitro groups is 1. The first-order valence-corrected chi connectivity index (χ1v) is 5.19. The molecule has 0 aliphatic heterocycles. The van der Waals surface area contributed by atoms with Gasteiger partial charge in [0.1, 0.15) is 0 Å². The Hall–Kier alpha value is -2.51. The van der Waals surface area contributed by atoms with E-state index in [2.05, 4.69) is 10.1 Å². The Morgan fingerprint density at radius 3 is 2.68 bits per heavy atom. The highest BCUT2D eigenvalue weighted by atomic mass is 19.2. The molecule has 1 aromatic rings. The summed E-state index contributed by atoms with van der Waals surface area (Å²) in [6.07, 6.45) is 0.755. The number of hydrogen-bond acceptors (Lipinski definition) is 5. The van der Waals surface area contributed by atoms with E-state index < -0.39 is 28.2 Å². The van der Waals surface area contributed by atoms with E-state index in [0.29, 0.717) is 0 Å². The molecule has 0 amide bonds. The van der Waals surface area contributed by atoms with Crippen LogP contribution >= 0.6 is 0 Å². The van der Waals surface area contributed by atoms with Gasteiger partial charge in [0, 0.05) is 11.8 Å². The van der Waals surface area contributed by atoms with Crippen LogP contribution in [0, 0.1) is 21.7 Å². The Labute approximate surface area is 106 Å². The lowest BCUT2D eigenvalue weighted by Crippen LogP contribution is -2.16. The minimum absolute atomic E-state index is 0.0187. The highest BCUT2D eigenvalue weighted by Gasteiger charge is 2.23. The maximum Gasteiger partial charge on any atom is 0.411 e. The van der Waals surface area contributed by atoms with E-state index in [1.165, 1.54) is 6.92 Å². The second-order valence-corrected chi connectivity index (χ2v) is 3.28. The first-order chi connectivity index (χ1) is 8.95. The molecule has 102 valence electrons. The summed E-state index contributed by atoms with van der Waals surface area (Å²) in [4.78, 5) is 20.9. The van der Waals surface area contributed by atoms with Crippen LogP contribution in [0.5, 0.6) is 0 Å². The SMILES string of the molecule is CCOC(=O)/C(=C\Nc1ccc(F)c(F)c1)[N+](=O)[O-]. The molecule has 1 aromatic carbocycles. The van der Waals surface area contributed by atoms with Crippen molar-refractivity contribution in [1.29, 1.82) is 0 Å². The largest absolute Gasteiger partial charge is 0.458 e. The molecule has 0 aliphatic rings. The maximum atomic E-state index is 12.9. The van der Waals surface area contributed by atoms with Gasteiger partial charge < -0.3 is 10.1 Å². The maximum absolute atomic E-state index is 12.9. The first-order valence-electron chi connectivity index (χ1n) is 5.19. The number of esters is 1. The average molecular weight is 272 g/mol. The molecule has 6 nitrogen and oxygen atoms in total. The van der Waals surface area contributed by atoms with Crippen LogP contribution in [0.4, 0.5) is 14.5 Å². The monoisotopic (exact) mass is 272 g/mol. The van der Waals surface area contributed by atoms with Crippen molar-refractivity contribution < 1.29 is 23.2 Å². The van der Waals surface area contributed by atoms with Crippen LogP contribution in [-0.4, -0.2) is 17.5 Å². The zero-order chi connectivity index (χ0) is 14.4. The summed E-state index contributed by atoms with van der Waals surface area (Å²) in [7, 11) is 0. The predicted molar refractivity (Wildman–Crippen MR) is 61.7 cm³/mol. The molecule has 0 aliphatic carbocycles. The van der Waals surface area contributed by atoms with Gasteiger partial charge in [-0.2, -0.15) is 0 Å². The summed E-state index contributed by atoms with van der Waals surface area (Å²) in [5, 5.41) is 12.9. The molecule has 0 radical (unpaired) electrons. The highest BCUT2D eigenvalue weighted by Crippen LogP contribution is 2.13. The van der Waals surface area contributed by atoms with Gasteiger partial charge in [0.2, 0.25) is 0 Å². The highest BCUT2D eigenvalue weighted by molar-refractivity contribution is 5.86. The van der Waals surface area contributed by atoms with Crippen LogP contribution < -0.4 is 5.32 Å². The van der Waals surface area contributed by atoms with Gasteiger partial charge in [0.05, 0.1) is 17.7 Å². The Kier molecular flexibility index (Phi) is 4.92. The van der Waals surface area contributed by atoms with Gasteiger partial charge in [-0.15, -0.1) is 0 Å². The van der Waals surface area contributed by atoms with Gasteiger partial charge in [-0.25, -0.2) is 13.6 Å². The molecule has 0 fully saturated rings. The number of ether oxygens (including phenoxy) is 1. The minimum atomic E-state index is -1.12. The van der Waals surface area contributed by atoms with Crippen LogP contribution in [0.1, 0.15) is 6.92 Å². The molecule has 0 bridgehead atoms. The number of carbonyl (C=O) groups excluding carboxylic acids is 1. The number of hydrogen-bond donors (Lipinski definition) is 1. The molecule has 0 atom stereocenters. The number of halogens is 2. The van der Waals surface area contributed by atoms with Gasteiger partial charge in [0.25, 0.3) is 0 Å². The molecule has 0 saturated carbocycles. The normalized spacial score (nSPS) is 11.0. The summed E-state index contributed by atoms with van der Waals surface area (Å²) in [5.74, 6) is -3.28. The molecular weight excluding hydrogens is 262 g/mol. The third kappa shape index (κ3) is 4.02. The molecule has 0 heterocycles. The van der Waals surface area contributed by atoms with E-state index in [-0.39, 0.29) is 12.3 Å². The van der Waals surface area contributed by atoms with E-state index in [1.807, 2.05) is 0 Å². The smallest absolute Gasteiger partial charge is 0.411 e.